The van der Waals surface area contributed by atoms with E-state index in [2.05, 4.69) is 98.6 Å². The lowest BCUT2D eigenvalue weighted by Crippen LogP contribution is -2.25. The minimum absolute atomic E-state index is 0.341. The van der Waals surface area contributed by atoms with Gasteiger partial charge in [-0.2, -0.15) is 0 Å². The second kappa shape index (κ2) is 10.1. The van der Waals surface area contributed by atoms with E-state index in [0.717, 1.165) is 54.2 Å². The smallest absolute Gasteiger partial charge is 0.162 e. The Kier molecular flexibility index (Phi) is 7.01. The zero-order valence-corrected chi connectivity index (χ0v) is 19.7. The lowest BCUT2D eigenvalue weighted by atomic mass is 10.1. The number of para-hydroxylation sites is 1. The van der Waals surface area contributed by atoms with Gasteiger partial charge in [0.25, 0.3) is 0 Å². The molecule has 1 aromatic heterocycles. The first-order valence-corrected chi connectivity index (χ1v) is 11.8. The van der Waals surface area contributed by atoms with Crippen molar-refractivity contribution in [2.45, 2.75) is 46.6 Å². The van der Waals surface area contributed by atoms with E-state index in [1.165, 1.54) is 22.8 Å². The van der Waals surface area contributed by atoms with E-state index in [0.29, 0.717) is 6.04 Å². The Morgan fingerprint density at radius 2 is 1.69 bits per heavy atom. The van der Waals surface area contributed by atoms with Crippen LogP contribution in [0.15, 0.2) is 60.7 Å². The normalized spacial score (nSPS) is 12.5. The molecule has 4 heteroatoms. The van der Waals surface area contributed by atoms with Crippen molar-refractivity contribution in [3.05, 3.63) is 66.2 Å². The van der Waals surface area contributed by atoms with Crippen molar-refractivity contribution in [1.82, 2.24) is 14.9 Å². The molecule has 1 unspecified atom stereocenters. The quantitative estimate of drug-likeness (QED) is 0.324. The Morgan fingerprint density at radius 3 is 2.47 bits per heavy atom. The molecule has 1 heterocycles. The van der Waals surface area contributed by atoms with Crippen LogP contribution >= 0.6 is 0 Å². The summed E-state index contributed by atoms with van der Waals surface area (Å²) in [4.78, 5) is 12.5. The fraction of sp³-hybridized carbons (Fsp3) is 0.357. The summed E-state index contributed by atoms with van der Waals surface area (Å²) in [7, 11) is 0. The van der Waals surface area contributed by atoms with Crippen molar-refractivity contribution in [3.63, 3.8) is 0 Å². The number of nitrogens with zero attached hydrogens (tertiary/aromatic N) is 3. The number of rotatable bonds is 9. The van der Waals surface area contributed by atoms with Gasteiger partial charge in [-0.05, 0) is 74.8 Å². The molecule has 0 bridgehead atoms. The molecule has 0 radical (unpaired) electrons. The molecule has 166 valence electrons. The SMILES string of the molecule is CCN(CC)CCCC(C)Nc1nc(-c2ccc3ccccc3c2)nc2c(C)cccc12. The van der Waals surface area contributed by atoms with Crippen molar-refractivity contribution < 1.29 is 0 Å². The second-order valence-corrected chi connectivity index (χ2v) is 8.64. The molecule has 1 N–H and O–H groups in total. The zero-order chi connectivity index (χ0) is 22.5. The highest BCUT2D eigenvalue weighted by Gasteiger charge is 2.14. The van der Waals surface area contributed by atoms with E-state index in [-0.39, 0.29) is 0 Å². The maximum Gasteiger partial charge on any atom is 0.162 e. The van der Waals surface area contributed by atoms with Crippen molar-refractivity contribution in [1.29, 1.82) is 0 Å². The van der Waals surface area contributed by atoms with Crippen LogP contribution in [0.1, 0.15) is 39.2 Å². The summed E-state index contributed by atoms with van der Waals surface area (Å²) in [5.41, 5.74) is 3.23. The Bertz CT molecular complexity index is 1200. The highest BCUT2D eigenvalue weighted by Crippen LogP contribution is 2.29. The van der Waals surface area contributed by atoms with Gasteiger partial charge in [0.05, 0.1) is 5.52 Å². The Morgan fingerprint density at radius 1 is 0.906 bits per heavy atom. The van der Waals surface area contributed by atoms with Gasteiger partial charge in [-0.1, -0.05) is 62.4 Å². The summed E-state index contributed by atoms with van der Waals surface area (Å²) in [5, 5.41) is 7.22. The lowest BCUT2D eigenvalue weighted by Gasteiger charge is -2.21. The van der Waals surface area contributed by atoms with Gasteiger partial charge in [-0.3, -0.25) is 0 Å². The molecule has 0 saturated heterocycles. The minimum Gasteiger partial charge on any atom is -0.367 e. The largest absolute Gasteiger partial charge is 0.367 e. The van der Waals surface area contributed by atoms with E-state index in [4.69, 9.17) is 9.97 Å². The molecule has 32 heavy (non-hydrogen) atoms. The molecule has 1 atom stereocenters. The molecule has 4 nitrogen and oxygen atoms in total. The van der Waals surface area contributed by atoms with Crippen molar-refractivity contribution in [3.8, 4) is 11.4 Å². The average Bonchev–Trinajstić information content (AvgIpc) is 2.82. The Labute approximate surface area is 191 Å². The molecule has 0 amide bonds. The number of hydrogen-bond acceptors (Lipinski definition) is 4. The standard InChI is InChI=1S/C28H34N4/c1-5-32(6-2)18-10-12-21(4)29-28-25-15-9-11-20(3)26(25)30-27(31-28)24-17-16-22-13-7-8-14-23(22)19-24/h7-9,11,13-17,19,21H,5-6,10,12,18H2,1-4H3,(H,29,30,31). The van der Waals surface area contributed by atoms with Gasteiger partial charge in [-0.25, -0.2) is 9.97 Å². The number of aromatic nitrogens is 2. The van der Waals surface area contributed by atoms with Gasteiger partial charge in [0.15, 0.2) is 5.82 Å². The molecule has 0 aliphatic carbocycles. The Balaban J connectivity index is 1.64. The lowest BCUT2D eigenvalue weighted by molar-refractivity contribution is 0.295. The van der Waals surface area contributed by atoms with E-state index in [1.807, 2.05) is 0 Å². The molecule has 0 aliphatic heterocycles. The zero-order valence-electron chi connectivity index (χ0n) is 19.7. The molecule has 0 saturated carbocycles. The Hall–Kier alpha value is -2.98. The third-order valence-electron chi connectivity index (χ3n) is 6.32. The van der Waals surface area contributed by atoms with Gasteiger partial charge in [0, 0.05) is 17.0 Å². The summed E-state index contributed by atoms with van der Waals surface area (Å²) >= 11 is 0. The van der Waals surface area contributed by atoms with Crippen LogP contribution in [0.5, 0.6) is 0 Å². The monoisotopic (exact) mass is 426 g/mol. The van der Waals surface area contributed by atoms with E-state index < -0.39 is 0 Å². The summed E-state index contributed by atoms with van der Waals surface area (Å²) in [6, 6.07) is 21.6. The maximum absolute atomic E-state index is 5.00. The minimum atomic E-state index is 0.341. The molecule has 0 aliphatic rings. The fourth-order valence-electron chi connectivity index (χ4n) is 4.33. The summed E-state index contributed by atoms with van der Waals surface area (Å²) < 4.78 is 0. The molecule has 3 aromatic carbocycles. The predicted molar refractivity (Wildman–Crippen MR) is 137 cm³/mol. The van der Waals surface area contributed by atoms with E-state index in [1.54, 1.807) is 0 Å². The summed E-state index contributed by atoms with van der Waals surface area (Å²) in [6.07, 6.45) is 2.29. The molecule has 0 fully saturated rings. The number of nitrogens with one attached hydrogen (secondary N) is 1. The van der Waals surface area contributed by atoms with Crippen LogP contribution in [0.2, 0.25) is 0 Å². The van der Waals surface area contributed by atoms with Gasteiger partial charge < -0.3 is 10.2 Å². The average molecular weight is 427 g/mol. The van der Waals surface area contributed by atoms with Crippen molar-refractivity contribution in [2.75, 3.05) is 25.0 Å². The first-order chi connectivity index (χ1) is 15.6. The first kappa shape index (κ1) is 22.2. The molecular formula is C28H34N4. The summed E-state index contributed by atoms with van der Waals surface area (Å²) in [5.74, 6) is 1.70. The number of benzene rings is 3. The number of anilines is 1. The van der Waals surface area contributed by atoms with Crippen LogP contribution in [0.25, 0.3) is 33.1 Å². The van der Waals surface area contributed by atoms with E-state index >= 15 is 0 Å². The second-order valence-electron chi connectivity index (χ2n) is 8.64. The highest BCUT2D eigenvalue weighted by atomic mass is 15.1. The van der Waals surface area contributed by atoms with Crippen LogP contribution in [-0.2, 0) is 0 Å². The van der Waals surface area contributed by atoms with Crippen LogP contribution < -0.4 is 5.32 Å². The molecule has 4 aromatic rings. The van der Waals surface area contributed by atoms with Gasteiger partial charge >= 0.3 is 0 Å². The fourth-order valence-corrected chi connectivity index (χ4v) is 4.33. The number of hydrogen-bond donors (Lipinski definition) is 1. The van der Waals surface area contributed by atoms with Crippen LogP contribution in [0, 0.1) is 6.92 Å². The van der Waals surface area contributed by atoms with Crippen molar-refractivity contribution in [2.24, 2.45) is 0 Å². The predicted octanol–water partition coefficient (Wildman–Crippen LogP) is 6.68. The van der Waals surface area contributed by atoms with Crippen LogP contribution in [0.4, 0.5) is 5.82 Å². The number of aryl methyl sites for hydroxylation is 1. The summed E-state index contributed by atoms with van der Waals surface area (Å²) in [6.45, 7) is 12.2. The molecular weight excluding hydrogens is 392 g/mol. The third kappa shape index (κ3) is 4.91. The third-order valence-corrected chi connectivity index (χ3v) is 6.32. The highest BCUT2D eigenvalue weighted by molar-refractivity contribution is 5.93. The van der Waals surface area contributed by atoms with Gasteiger partial charge in [0.1, 0.15) is 5.82 Å². The van der Waals surface area contributed by atoms with E-state index in [9.17, 15) is 0 Å². The topological polar surface area (TPSA) is 41.0 Å². The van der Waals surface area contributed by atoms with Crippen LogP contribution in [-0.4, -0.2) is 40.5 Å². The number of fused-ring (bicyclic) bond motifs is 2. The van der Waals surface area contributed by atoms with Crippen LogP contribution in [0.3, 0.4) is 0 Å². The van der Waals surface area contributed by atoms with Gasteiger partial charge in [0.2, 0.25) is 0 Å². The van der Waals surface area contributed by atoms with Crippen molar-refractivity contribution >= 4 is 27.5 Å². The molecule has 0 spiro atoms. The molecule has 4 rings (SSSR count). The first-order valence-electron chi connectivity index (χ1n) is 11.8. The van der Waals surface area contributed by atoms with Gasteiger partial charge in [-0.15, -0.1) is 0 Å². The maximum atomic E-state index is 5.00.